The van der Waals surface area contributed by atoms with Gasteiger partial charge in [-0.15, -0.1) is 10.2 Å². The first-order valence-corrected chi connectivity index (χ1v) is 8.98. The number of hydrogen-bond acceptors (Lipinski definition) is 6. The SMILES string of the molecule is CCCCCc1nnc(NC(=O)CN2CCC(CO)CC2)s1. The van der Waals surface area contributed by atoms with E-state index in [1.807, 2.05) is 0 Å². The van der Waals surface area contributed by atoms with E-state index in [1.165, 1.54) is 24.2 Å². The Morgan fingerprint density at radius 3 is 2.82 bits per heavy atom. The Labute approximate surface area is 135 Å². The zero-order valence-corrected chi connectivity index (χ0v) is 14.1. The molecule has 0 bridgehead atoms. The first-order valence-electron chi connectivity index (χ1n) is 8.16. The molecule has 1 amide bonds. The maximum absolute atomic E-state index is 12.0. The van der Waals surface area contributed by atoms with Crippen molar-refractivity contribution in [1.29, 1.82) is 0 Å². The lowest BCUT2D eigenvalue weighted by Crippen LogP contribution is -2.39. The number of hydrogen-bond donors (Lipinski definition) is 2. The summed E-state index contributed by atoms with van der Waals surface area (Å²) in [7, 11) is 0. The molecule has 1 aliphatic heterocycles. The number of nitrogens with zero attached hydrogens (tertiary/aromatic N) is 3. The number of aliphatic hydroxyl groups is 1. The standard InChI is InChI=1S/C15H26N4O2S/c1-2-3-4-5-14-17-18-15(22-14)16-13(21)10-19-8-6-12(11-20)7-9-19/h12,20H,2-11H2,1H3,(H,16,18,21). The van der Waals surface area contributed by atoms with Gasteiger partial charge in [-0.05, 0) is 38.3 Å². The van der Waals surface area contributed by atoms with E-state index in [9.17, 15) is 4.79 Å². The number of carbonyl (C=O) groups excluding carboxylic acids is 1. The minimum absolute atomic E-state index is 0.0290. The van der Waals surface area contributed by atoms with Gasteiger partial charge in [-0.3, -0.25) is 15.0 Å². The van der Waals surface area contributed by atoms with Gasteiger partial charge in [0.15, 0.2) is 0 Å². The zero-order valence-electron chi connectivity index (χ0n) is 13.3. The Hall–Kier alpha value is -1.05. The fourth-order valence-corrected chi connectivity index (χ4v) is 3.42. The maximum Gasteiger partial charge on any atom is 0.240 e. The molecule has 2 heterocycles. The second-order valence-electron chi connectivity index (χ2n) is 5.91. The fourth-order valence-electron chi connectivity index (χ4n) is 2.62. The Balaban J connectivity index is 1.70. The predicted molar refractivity (Wildman–Crippen MR) is 88.0 cm³/mol. The first-order chi connectivity index (χ1) is 10.7. The van der Waals surface area contributed by atoms with E-state index in [0.717, 1.165) is 43.8 Å². The van der Waals surface area contributed by atoms with Crippen molar-refractivity contribution in [3.63, 3.8) is 0 Å². The summed E-state index contributed by atoms with van der Waals surface area (Å²) in [6.45, 7) is 4.57. The molecule has 22 heavy (non-hydrogen) atoms. The van der Waals surface area contributed by atoms with E-state index in [0.29, 0.717) is 17.6 Å². The fraction of sp³-hybridized carbons (Fsp3) is 0.800. The van der Waals surface area contributed by atoms with E-state index in [4.69, 9.17) is 5.11 Å². The van der Waals surface area contributed by atoms with Crippen molar-refractivity contribution in [2.24, 2.45) is 5.92 Å². The van der Waals surface area contributed by atoms with Crippen LogP contribution >= 0.6 is 11.3 Å². The largest absolute Gasteiger partial charge is 0.396 e. The van der Waals surface area contributed by atoms with Crippen LogP contribution in [0.25, 0.3) is 0 Å². The van der Waals surface area contributed by atoms with Gasteiger partial charge in [-0.1, -0.05) is 31.1 Å². The number of amides is 1. The van der Waals surface area contributed by atoms with Crippen LogP contribution in [0, 0.1) is 5.92 Å². The van der Waals surface area contributed by atoms with Crippen molar-refractivity contribution in [2.75, 3.05) is 31.6 Å². The van der Waals surface area contributed by atoms with Crippen LogP contribution < -0.4 is 5.32 Å². The number of anilines is 1. The number of aryl methyl sites for hydroxylation is 1. The Bertz CT molecular complexity index is 458. The minimum atomic E-state index is -0.0290. The van der Waals surface area contributed by atoms with Gasteiger partial charge in [0, 0.05) is 13.0 Å². The molecule has 124 valence electrons. The maximum atomic E-state index is 12.0. The quantitative estimate of drug-likeness (QED) is 0.714. The first kappa shape index (κ1) is 17.3. The van der Waals surface area contributed by atoms with Crippen molar-refractivity contribution in [1.82, 2.24) is 15.1 Å². The highest BCUT2D eigenvalue weighted by Crippen LogP contribution is 2.18. The molecule has 0 spiro atoms. The van der Waals surface area contributed by atoms with Crippen LogP contribution in [0.4, 0.5) is 5.13 Å². The van der Waals surface area contributed by atoms with Gasteiger partial charge in [-0.2, -0.15) is 0 Å². The van der Waals surface area contributed by atoms with Crippen LogP contribution in [0.2, 0.25) is 0 Å². The monoisotopic (exact) mass is 326 g/mol. The minimum Gasteiger partial charge on any atom is -0.396 e. The highest BCUT2D eigenvalue weighted by Gasteiger charge is 2.20. The Kier molecular flexibility index (Phi) is 7.21. The second-order valence-corrected chi connectivity index (χ2v) is 6.97. The number of likely N-dealkylation sites (tertiary alicyclic amines) is 1. The van der Waals surface area contributed by atoms with Gasteiger partial charge in [0.1, 0.15) is 5.01 Å². The number of nitrogens with one attached hydrogen (secondary N) is 1. The van der Waals surface area contributed by atoms with Gasteiger partial charge < -0.3 is 5.11 Å². The highest BCUT2D eigenvalue weighted by molar-refractivity contribution is 7.15. The number of aromatic nitrogens is 2. The van der Waals surface area contributed by atoms with Crippen molar-refractivity contribution in [2.45, 2.75) is 45.4 Å². The van der Waals surface area contributed by atoms with E-state index < -0.39 is 0 Å². The van der Waals surface area contributed by atoms with E-state index in [2.05, 4.69) is 27.3 Å². The number of unbranched alkanes of at least 4 members (excludes halogenated alkanes) is 2. The molecule has 1 aromatic rings. The number of piperidine rings is 1. The molecule has 7 heteroatoms. The molecule has 6 nitrogen and oxygen atoms in total. The average molecular weight is 326 g/mol. The molecule has 0 aromatic carbocycles. The molecule has 0 radical (unpaired) electrons. The summed E-state index contributed by atoms with van der Waals surface area (Å²) in [6.07, 6.45) is 6.38. The van der Waals surface area contributed by atoms with Gasteiger partial charge in [0.25, 0.3) is 0 Å². The lowest BCUT2D eigenvalue weighted by atomic mass is 9.98. The second kappa shape index (κ2) is 9.17. The summed E-state index contributed by atoms with van der Waals surface area (Å²) in [5, 5.41) is 21.7. The third-order valence-electron chi connectivity index (χ3n) is 4.04. The Morgan fingerprint density at radius 1 is 1.36 bits per heavy atom. The summed E-state index contributed by atoms with van der Waals surface area (Å²) < 4.78 is 0. The third-order valence-corrected chi connectivity index (χ3v) is 4.94. The molecular formula is C15H26N4O2S. The van der Waals surface area contributed by atoms with Crippen molar-refractivity contribution in [3.8, 4) is 0 Å². The number of aliphatic hydroxyl groups excluding tert-OH is 1. The van der Waals surface area contributed by atoms with E-state index in [-0.39, 0.29) is 12.5 Å². The molecule has 2 rings (SSSR count). The highest BCUT2D eigenvalue weighted by atomic mass is 32.1. The summed E-state index contributed by atoms with van der Waals surface area (Å²) >= 11 is 1.47. The Morgan fingerprint density at radius 2 is 2.14 bits per heavy atom. The van der Waals surface area contributed by atoms with Crippen LogP contribution in [0.5, 0.6) is 0 Å². The van der Waals surface area contributed by atoms with Gasteiger partial charge in [0.2, 0.25) is 11.0 Å². The van der Waals surface area contributed by atoms with Crippen molar-refractivity contribution in [3.05, 3.63) is 5.01 Å². The molecule has 2 N–H and O–H groups in total. The average Bonchev–Trinajstić information content (AvgIpc) is 2.95. The van der Waals surface area contributed by atoms with Crippen LogP contribution in [0.3, 0.4) is 0 Å². The summed E-state index contributed by atoms with van der Waals surface area (Å²) in [6, 6.07) is 0. The summed E-state index contributed by atoms with van der Waals surface area (Å²) in [5.41, 5.74) is 0. The normalized spacial score (nSPS) is 16.8. The molecular weight excluding hydrogens is 300 g/mol. The summed E-state index contributed by atoms with van der Waals surface area (Å²) in [5.74, 6) is 0.367. The lowest BCUT2D eigenvalue weighted by Gasteiger charge is -2.30. The predicted octanol–water partition coefficient (Wildman–Crippen LogP) is 1.91. The van der Waals surface area contributed by atoms with E-state index in [1.54, 1.807) is 0 Å². The molecule has 1 aromatic heterocycles. The van der Waals surface area contributed by atoms with Crippen LogP contribution in [0.1, 0.15) is 44.0 Å². The van der Waals surface area contributed by atoms with Crippen LogP contribution in [-0.2, 0) is 11.2 Å². The van der Waals surface area contributed by atoms with E-state index >= 15 is 0 Å². The molecule has 0 unspecified atom stereocenters. The van der Waals surface area contributed by atoms with Crippen LogP contribution in [0.15, 0.2) is 0 Å². The van der Waals surface area contributed by atoms with Crippen molar-refractivity contribution < 1.29 is 9.90 Å². The molecule has 0 atom stereocenters. The van der Waals surface area contributed by atoms with Gasteiger partial charge >= 0.3 is 0 Å². The zero-order chi connectivity index (χ0) is 15.8. The smallest absolute Gasteiger partial charge is 0.240 e. The third kappa shape index (κ3) is 5.62. The lowest BCUT2D eigenvalue weighted by molar-refractivity contribution is -0.117. The number of rotatable bonds is 8. The molecule has 1 fully saturated rings. The molecule has 1 aliphatic rings. The molecule has 0 aliphatic carbocycles. The molecule has 0 saturated carbocycles. The summed E-state index contributed by atoms with van der Waals surface area (Å²) in [4.78, 5) is 14.2. The van der Waals surface area contributed by atoms with Crippen molar-refractivity contribution >= 4 is 22.4 Å². The van der Waals surface area contributed by atoms with Crippen LogP contribution in [-0.4, -0.2) is 52.4 Å². The topological polar surface area (TPSA) is 78.4 Å². The number of carbonyl (C=O) groups is 1. The van der Waals surface area contributed by atoms with Gasteiger partial charge in [0.05, 0.1) is 6.54 Å². The molecule has 1 saturated heterocycles. The van der Waals surface area contributed by atoms with Gasteiger partial charge in [-0.25, -0.2) is 0 Å².